The van der Waals surface area contributed by atoms with Crippen molar-refractivity contribution >= 4 is 29.1 Å². The molecule has 1 aliphatic rings. The summed E-state index contributed by atoms with van der Waals surface area (Å²) in [6, 6.07) is 13.4. The monoisotopic (exact) mass is 325 g/mol. The van der Waals surface area contributed by atoms with E-state index in [2.05, 4.69) is 5.32 Å². The van der Waals surface area contributed by atoms with Crippen molar-refractivity contribution in [2.24, 2.45) is 5.73 Å². The zero-order chi connectivity index (χ0) is 17.1. The highest BCUT2D eigenvalue weighted by atomic mass is 16.5. The summed E-state index contributed by atoms with van der Waals surface area (Å²) in [6.45, 7) is -0.311. The van der Waals surface area contributed by atoms with E-state index in [0.29, 0.717) is 17.1 Å². The number of ether oxygens (including phenoxy) is 1. The highest BCUT2D eigenvalue weighted by Crippen LogP contribution is 2.31. The molecule has 0 fully saturated rings. The summed E-state index contributed by atoms with van der Waals surface area (Å²) in [6.07, 6.45) is 0. The number of carbonyl (C=O) groups excluding carboxylic acids is 3. The molecule has 3 rings (SSSR count). The van der Waals surface area contributed by atoms with E-state index < -0.39 is 11.8 Å². The maximum Gasteiger partial charge on any atom is 0.265 e. The third-order valence-electron chi connectivity index (χ3n) is 3.58. The fraction of sp³-hybridized carbons (Fsp3) is 0.118. The molecular formula is C17H15N3O4. The maximum absolute atomic E-state index is 12.3. The molecule has 1 aliphatic heterocycles. The normalized spacial score (nSPS) is 13.0. The molecule has 2 aromatic carbocycles. The van der Waals surface area contributed by atoms with E-state index in [0.717, 1.165) is 0 Å². The number of nitrogens with two attached hydrogens (primary N) is 1. The van der Waals surface area contributed by atoms with Crippen molar-refractivity contribution in [1.82, 2.24) is 0 Å². The molecule has 3 N–H and O–H groups in total. The van der Waals surface area contributed by atoms with Gasteiger partial charge in [-0.05, 0) is 24.3 Å². The average molecular weight is 325 g/mol. The zero-order valence-corrected chi connectivity index (χ0v) is 12.7. The van der Waals surface area contributed by atoms with Gasteiger partial charge in [0.25, 0.3) is 11.8 Å². The van der Waals surface area contributed by atoms with Crippen molar-refractivity contribution in [3.05, 3.63) is 54.1 Å². The number of para-hydroxylation sites is 3. The van der Waals surface area contributed by atoms with Crippen LogP contribution in [0.4, 0.5) is 11.4 Å². The third kappa shape index (κ3) is 3.05. The molecule has 0 aromatic heterocycles. The van der Waals surface area contributed by atoms with Gasteiger partial charge in [0, 0.05) is 0 Å². The minimum Gasteiger partial charge on any atom is -0.482 e. The minimum atomic E-state index is -0.640. The second-order valence-electron chi connectivity index (χ2n) is 5.19. The number of carbonyl (C=O) groups is 3. The first-order chi connectivity index (χ1) is 11.6. The Kier molecular flexibility index (Phi) is 4.15. The summed E-state index contributed by atoms with van der Waals surface area (Å²) in [5.74, 6) is -0.845. The molecule has 0 saturated carbocycles. The van der Waals surface area contributed by atoms with Crippen LogP contribution in [0.15, 0.2) is 48.5 Å². The fourth-order valence-corrected chi connectivity index (χ4v) is 2.47. The number of hydrogen-bond donors (Lipinski definition) is 2. The Bertz CT molecular complexity index is 819. The Balaban J connectivity index is 1.79. The molecule has 0 saturated heterocycles. The summed E-state index contributed by atoms with van der Waals surface area (Å²) in [7, 11) is 0. The van der Waals surface area contributed by atoms with Crippen LogP contribution in [0.25, 0.3) is 0 Å². The smallest absolute Gasteiger partial charge is 0.265 e. The second kappa shape index (κ2) is 6.41. The van der Waals surface area contributed by atoms with Crippen LogP contribution in [-0.4, -0.2) is 30.9 Å². The Labute approximate surface area is 138 Å². The van der Waals surface area contributed by atoms with Crippen molar-refractivity contribution in [3.8, 4) is 5.75 Å². The van der Waals surface area contributed by atoms with Crippen LogP contribution in [-0.2, 0) is 9.59 Å². The number of benzene rings is 2. The van der Waals surface area contributed by atoms with Gasteiger partial charge in [-0.3, -0.25) is 19.3 Å². The van der Waals surface area contributed by atoms with Crippen molar-refractivity contribution in [1.29, 1.82) is 0 Å². The molecule has 7 nitrogen and oxygen atoms in total. The lowest BCUT2D eigenvalue weighted by Crippen LogP contribution is -2.43. The van der Waals surface area contributed by atoms with Crippen LogP contribution in [0.2, 0.25) is 0 Å². The summed E-state index contributed by atoms with van der Waals surface area (Å²) in [4.78, 5) is 37.1. The van der Waals surface area contributed by atoms with Gasteiger partial charge in [0.2, 0.25) is 5.91 Å². The molecule has 24 heavy (non-hydrogen) atoms. The van der Waals surface area contributed by atoms with Gasteiger partial charge in [0.1, 0.15) is 12.3 Å². The summed E-state index contributed by atoms with van der Waals surface area (Å²) >= 11 is 0. The number of rotatable bonds is 4. The Morgan fingerprint density at radius 1 is 1.12 bits per heavy atom. The van der Waals surface area contributed by atoms with Crippen LogP contribution in [0.1, 0.15) is 10.4 Å². The SMILES string of the molecule is NC(=O)c1ccccc1NC(=O)CN1C(=O)COc2ccccc21. The number of anilines is 2. The molecule has 7 heteroatoms. The largest absolute Gasteiger partial charge is 0.482 e. The molecule has 0 aliphatic carbocycles. The van der Waals surface area contributed by atoms with E-state index in [-0.39, 0.29) is 24.6 Å². The lowest BCUT2D eigenvalue weighted by Gasteiger charge is -2.28. The maximum atomic E-state index is 12.3. The molecule has 0 atom stereocenters. The van der Waals surface area contributed by atoms with E-state index in [9.17, 15) is 14.4 Å². The zero-order valence-electron chi connectivity index (χ0n) is 12.7. The van der Waals surface area contributed by atoms with Gasteiger partial charge in [-0.2, -0.15) is 0 Å². The van der Waals surface area contributed by atoms with Crippen LogP contribution < -0.4 is 20.7 Å². The molecular weight excluding hydrogens is 310 g/mol. The van der Waals surface area contributed by atoms with Crippen LogP contribution in [0, 0.1) is 0 Å². The quantitative estimate of drug-likeness (QED) is 0.880. The van der Waals surface area contributed by atoms with Crippen molar-refractivity contribution in [3.63, 3.8) is 0 Å². The van der Waals surface area contributed by atoms with Crippen LogP contribution in [0.5, 0.6) is 5.75 Å². The first-order valence-electron chi connectivity index (χ1n) is 7.27. The standard InChI is InChI=1S/C17H15N3O4/c18-17(23)11-5-1-2-6-12(11)19-15(21)9-20-13-7-3-4-8-14(13)24-10-16(20)22/h1-8H,9-10H2,(H2,18,23)(H,19,21). The lowest BCUT2D eigenvalue weighted by molar-refractivity contribution is -0.123. The molecule has 1 heterocycles. The van der Waals surface area contributed by atoms with Crippen molar-refractivity contribution < 1.29 is 19.1 Å². The first-order valence-corrected chi connectivity index (χ1v) is 7.27. The van der Waals surface area contributed by atoms with Crippen LogP contribution in [0.3, 0.4) is 0 Å². The summed E-state index contributed by atoms with van der Waals surface area (Å²) in [5.41, 5.74) is 6.34. The van der Waals surface area contributed by atoms with E-state index >= 15 is 0 Å². The van der Waals surface area contributed by atoms with Gasteiger partial charge < -0.3 is 15.8 Å². The first kappa shape index (κ1) is 15.5. The highest BCUT2D eigenvalue weighted by molar-refractivity contribution is 6.07. The third-order valence-corrected chi connectivity index (χ3v) is 3.58. The van der Waals surface area contributed by atoms with Gasteiger partial charge in [0.15, 0.2) is 6.61 Å². The van der Waals surface area contributed by atoms with Gasteiger partial charge >= 0.3 is 0 Å². The number of primary amides is 1. The molecule has 0 spiro atoms. The molecule has 0 bridgehead atoms. The van der Waals surface area contributed by atoms with E-state index in [4.69, 9.17) is 10.5 Å². The molecule has 122 valence electrons. The predicted octanol–water partition coefficient (Wildman–Crippen LogP) is 1.15. The predicted molar refractivity (Wildman–Crippen MR) is 87.9 cm³/mol. The Morgan fingerprint density at radius 3 is 2.62 bits per heavy atom. The fourth-order valence-electron chi connectivity index (χ4n) is 2.47. The van der Waals surface area contributed by atoms with Crippen molar-refractivity contribution in [2.45, 2.75) is 0 Å². The van der Waals surface area contributed by atoms with Gasteiger partial charge in [0.05, 0.1) is 16.9 Å². The van der Waals surface area contributed by atoms with Crippen molar-refractivity contribution in [2.75, 3.05) is 23.4 Å². The highest BCUT2D eigenvalue weighted by Gasteiger charge is 2.27. The lowest BCUT2D eigenvalue weighted by atomic mass is 10.1. The number of hydrogen-bond acceptors (Lipinski definition) is 4. The topological polar surface area (TPSA) is 102 Å². The second-order valence-corrected chi connectivity index (χ2v) is 5.19. The van der Waals surface area contributed by atoms with Gasteiger partial charge in [-0.1, -0.05) is 24.3 Å². The number of nitrogens with one attached hydrogen (secondary N) is 1. The molecule has 0 radical (unpaired) electrons. The molecule has 2 aromatic rings. The Hall–Kier alpha value is -3.35. The van der Waals surface area contributed by atoms with Crippen LogP contribution >= 0.6 is 0 Å². The van der Waals surface area contributed by atoms with Gasteiger partial charge in [-0.15, -0.1) is 0 Å². The molecule has 3 amide bonds. The summed E-state index contributed by atoms with van der Waals surface area (Å²) < 4.78 is 5.33. The van der Waals surface area contributed by atoms with Gasteiger partial charge in [-0.25, -0.2) is 0 Å². The van der Waals surface area contributed by atoms with E-state index in [1.54, 1.807) is 42.5 Å². The average Bonchev–Trinajstić information content (AvgIpc) is 2.58. The summed E-state index contributed by atoms with van der Waals surface area (Å²) in [5, 5.41) is 2.62. The number of nitrogens with zero attached hydrogens (tertiary/aromatic N) is 1. The van der Waals surface area contributed by atoms with E-state index in [1.165, 1.54) is 11.0 Å². The number of fused-ring (bicyclic) bond motifs is 1. The molecule has 0 unspecified atom stereocenters. The minimum absolute atomic E-state index is 0.123. The number of amides is 3. The van der Waals surface area contributed by atoms with E-state index in [1.807, 2.05) is 0 Å². The Morgan fingerprint density at radius 2 is 1.83 bits per heavy atom.